The smallest absolute Gasteiger partial charge is 0.320 e. The maximum Gasteiger partial charge on any atom is 0.320 e. The van der Waals surface area contributed by atoms with Gasteiger partial charge in [-0.05, 0) is 32.7 Å². The third-order valence-electron chi connectivity index (χ3n) is 2.42. The predicted octanol–water partition coefficient (Wildman–Crippen LogP) is 1.47. The van der Waals surface area contributed by atoms with Crippen LogP contribution in [0.2, 0.25) is 0 Å². The van der Waals surface area contributed by atoms with Gasteiger partial charge in [-0.15, -0.1) is 0 Å². The second-order valence-electron chi connectivity index (χ2n) is 3.63. The van der Waals surface area contributed by atoms with E-state index in [4.69, 9.17) is 4.74 Å². The number of hydrogen-bond donors (Lipinski definition) is 1. The number of carbonyl (C=O) groups excluding carboxylic acids is 1. The average Bonchev–Trinajstić information content (AvgIpc) is 2.33. The molecule has 0 aromatic heterocycles. The highest BCUT2D eigenvalue weighted by atomic mass is 16.5. The molecular formula is C10H19NO2. The summed E-state index contributed by atoms with van der Waals surface area (Å²) in [6.45, 7) is 0.330. The van der Waals surface area contributed by atoms with Crippen LogP contribution in [0.1, 0.15) is 38.5 Å². The maximum absolute atomic E-state index is 11.1. The zero-order valence-electron chi connectivity index (χ0n) is 8.34. The molecule has 1 rings (SSSR count). The minimum absolute atomic E-state index is 0.116. The Bertz CT molecular complexity index is 151. The highest BCUT2D eigenvalue weighted by Gasteiger charge is 2.15. The Kier molecular flexibility index (Phi) is 4.83. The molecule has 1 saturated carbocycles. The summed E-state index contributed by atoms with van der Waals surface area (Å²) in [6.07, 6.45) is 7.28. The van der Waals surface area contributed by atoms with Gasteiger partial charge < -0.3 is 10.1 Å². The molecular weight excluding hydrogens is 166 g/mol. The van der Waals surface area contributed by atoms with Crippen LogP contribution in [-0.4, -0.2) is 25.7 Å². The number of nitrogens with one attached hydrogen (secondary N) is 1. The van der Waals surface area contributed by atoms with Gasteiger partial charge in [-0.25, -0.2) is 0 Å². The van der Waals surface area contributed by atoms with Crippen molar-refractivity contribution in [2.75, 3.05) is 13.6 Å². The molecule has 0 saturated heterocycles. The van der Waals surface area contributed by atoms with E-state index in [2.05, 4.69) is 5.32 Å². The van der Waals surface area contributed by atoms with Crippen LogP contribution in [-0.2, 0) is 9.53 Å². The third-order valence-corrected chi connectivity index (χ3v) is 2.42. The quantitative estimate of drug-likeness (QED) is 0.534. The first kappa shape index (κ1) is 10.5. The van der Waals surface area contributed by atoms with Crippen molar-refractivity contribution in [1.29, 1.82) is 0 Å². The predicted molar refractivity (Wildman–Crippen MR) is 51.5 cm³/mol. The van der Waals surface area contributed by atoms with Crippen molar-refractivity contribution in [1.82, 2.24) is 5.32 Å². The number of hydrogen-bond acceptors (Lipinski definition) is 3. The monoisotopic (exact) mass is 185 g/mol. The molecule has 0 unspecified atom stereocenters. The first-order valence-corrected chi connectivity index (χ1v) is 5.17. The summed E-state index contributed by atoms with van der Waals surface area (Å²) in [5.41, 5.74) is 0. The van der Waals surface area contributed by atoms with Crippen LogP contribution in [0.4, 0.5) is 0 Å². The summed E-state index contributed by atoms with van der Waals surface area (Å²) in [5.74, 6) is -0.116. The Hall–Kier alpha value is -0.570. The summed E-state index contributed by atoms with van der Waals surface area (Å²) in [4.78, 5) is 11.1. The van der Waals surface area contributed by atoms with Gasteiger partial charge >= 0.3 is 5.97 Å². The van der Waals surface area contributed by atoms with Gasteiger partial charge in [-0.2, -0.15) is 0 Å². The summed E-state index contributed by atoms with van der Waals surface area (Å²) in [5, 5.41) is 2.80. The molecule has 1 aliphatic carbocycles. The molecule has 3 nitrogen and oxygen atoms in total. The van der Waals surface area contributed by atoms with E-state index in [1.807, 2.05) is 0 Å². The fourth-order valence-corrected chi connectivity index (χ4v) is 1.73. The molecule has 0 bridgehead atoms. The maximum atomic E-state index is 11.1. The third kappa shape index (κ3) is 4.27. The standard InChI is InChI=1S/C10H19NO2/c1-11-8-10(12)13-9-6-4-2-3-5-7-9/h9,11H,2-8H2,1H3. The zero-order valence-corrected chi connectivity index (χ0v) is 8.34. The van der Waals surface area contributed by atoms with Crippen LogP contribution in [0.25, 0.3) is 0 Å². The van der Waals surface area contributed by atoms with Gasteiger partial charge in [0.05, 0.1) is 6.54 Å². The SMILES string of the molecule is CNCC(=O)OC1CCCCCC1. The summed E-state index contributed by atoms with van der Waals surface area (Å²) in [6, 6.07) is 0. The molecule has 0 spiro atoms. The van der Waals surface area contributed by atoms with Gasteiger partial charge in [0, 0.05) is 0 Å². The lowest BCUT2D eigenvalue weighted by molar-refractivity contribution is -0.148. The van der Waals surface area contributed by atoms with E-state index in [9.17, 15) is 4.79 Å². The number of carbonyl (C=O) groups is 1. The lowest BCUT2D eigenvalue weighted by atomic mass is 10.1. The van der Waals surface area contributed by atoms with E-state index < -0.39 is 0 Å². The first-order valence-electron chi connectivity index (χ1n) is 5.17. The second kappa shape index (κ2) is 5.97. The fraction of sp³-hybridized carbons (Fsp3) is 0.900. The normalized spacial score (nSPS) is 19.5. The van der Waals surface area contributed by atoms with E-state index in [0.29, 0.717) is 6.54 Å². The number of esters is 1. The van der Waals surface area contributed by atoms with Gasteiger partial charge in [-0.3, -0.25) is 4.79 Å². The second-order valence-corrected chi connectivity index (χ2v) is 3.63. The van der Waals surface area contributed by atoms with E-state index >= 15 is 0 Å². The van der Waals surface area contributed by atoms with Crippen LogP contribution in [0.3, 0.4) is 0 Å². The molecule has 13 heavy (non-hydrogen) atoms. The van der Waals surface area contributed by atoms with E-state index in [0.717, 1.165) is 12.8 Å². The van der Waals surface area contributed by atoms with Crippen molar-refractivity contribution < 1.29 is 9.53 Å². The molecule has 0 atom stereocenters. The molecule has 0 aromatic carbocycles. The van der Waals surface area contributed by atoms with Gasteiger partial charge in [0.25, 0.3) is 0 Å². The fourth-order valence-electron chi connectivity index (χ4n) is 1.73. The minimum Gasteiger partial charge on any atom is -0.461 e. The first-order chi connectivity index (χ1) is 6.33. The molecule has 76 valence electrons. The van der Waals surface area contributed by atoms with Gasteiger partial charge in [0.2, 0.25) is 0 Å². The van der Waals surface area contributed by atoms with Crippen molar-refractivity contribution in [3.05, 3.63) is 0 Å². The molecule has 0 amide bonds. The zero-order chi connectivity index (χ0) is 9.52. The molecule has 0 aromatic rings. The Morgan fingerprint density at radius 1 is 1.31 bits per heavy atom. The number of ether oxygens (including phenoxy) is 1. The minimum atomic E-state index is -0.116. The van der Waals surface area contributed by atoms with Crippen LogP contribution >= 0.6 is 0 Å². The van der Waals surface area contributed by atoms with Gasteiger partial charge in [-0.1, -0.05) is 12.8 Å². The topological polar surface area (TPSA) is 38.3 Å². The molecule has 1 aliphatic rings. The summed E-state index contributed by atoms with van der Waals surface area (Å²) in [7, 11) is 1.76. The van der Waals surface area contributed by atoms with E-state index in [-0.39, 0.29) is 12.1 Å². The summed E-state index contributed by atoms with van der Waals surface area (Å²) < 4.78 is 5.31. The Balaban J connectivity index is 2.21. The molecule has 3 heteroatoms. The van der Waals surface area contributed by atoms with Crippen LogP contribution < -0.4 is 5.32 Å². The molecule has 0 heterocycles. The molecule has 1 fully saturated rings. The lowest BCUT2D eigenvalue weighted by Gasteiger charge is -2.14. The largest absolute Gasteiger partial charge is 0.461 e. The molecule has 0 radical (unpaired) electrons. The van der Waals surface area contributed by atoms with Gasteiger partial charge in [0.1, 0.15) is 6.10 Å². The Morgan fingerprint density at radius 3 is 2.46 bits per heavy atom. The van der Waals surface area contributed by atoms with Crippen molar-refractivity contribution >= 4 is 5.97 Å². The molecule has 0 aliphatic heterocycles. The lowest BCUT2D eigenvalue weighted by Crippen LogP contribution is -2.25. The van der Waals surface area contributed by atoms with Crippen LogP contribution in [0.15, 0.2) is 0 Å². The van der Waals surface area contributed by atoms with Crippen molar-refractivity contribution in [3.63, 3.8) is 0 Å². The van der Waals surface area contributed by atoms with E-state index in [1.165, 1.54) is 25.7 Å². The van der Waals surface area contributed by atoms with Crippen molar-refractivity contribution in [2.24, 2.45) is 0 Å². The van der Waals surface area contributed by atoms with Crippen LogP contribution in [0.5, 0.6) is 0 Å². The van der Waals surface area contributed by atoms with Crippen molar-refractivity contribution in [3.8, 4) is 0 Å². The highest BCUT2D eigenvalue weighted by molar-refractivity contribution is 5.71. The van der Waals surface area contributed by atoms with Gasteiger partial charge in [0.15, 0.2) is 0 Å². The Labute approximate surface area is 79.8 Å². The van der Waals surface area contributed by atoms with Crippen molar-refractivity contribution in [2.45, 2.75) is 44.6 Å². The molecule has 1 N–H and O–H groups in total. The highest BCUT2D eigenvalue weighted by Crippen LogP contribution is 2.19. The average molecular weight is 185 g/mol. The number of likely N-dealkylation sites (N-methyl/N-ethyl adjacent to an activating group) is 1. The van der Waals surface area contributed by atoms with Crippen LogP contribution in [0, 0.1) is 0 Å². The number of rotatable bonds is 3. The Morgan fingerprint density at radius 2 is 1.92 bits per heavy atom. The van der Waals surface area contributed by atoms with E-state index in [1.54, 1.807) is 7.05 Å². The summed E-state index contributed by atoms with van der Waals surface area (Å²) >= 11 is 0.